The Kier molecular flexibility index (Phi) is 5.16. The van der Waals surface area contributed by atoms with Gasteiger partial charge in [0.1, 0.15) is 11.9 Å². The average molecular weight is 306 g/mol. The molecule has 1 atom stereocenters. The van der Waals surface area contributed by atoms with Gasteiger partial charge in [0.05, 0.1) is 6.26 Å². The molecular formula is C17H26N2O3. The molecule has 0 unspecified atom stereocenters. The molecule has 2 aliphatic rings. The highest BCUT2D eigenvalue weighted by Crippen LogP contribution is 2.28. The van der Waals surface area contributed by atoms with Crippen LogP contribution in [-0.4, -0.2) is 53.5 Å². The first-order valence-corrected chi connectivity index (χ1v) is 8.44. The number of rotatable bonds is 5. The van der Waals surface area contributed by atoms with Gasteiger partial charge in [0.15, 0.2) is 0 Å². The Hall–Kier alpha value is -1.33. The number of carbonyl (C=O) groups is 1. The molecule has 1 saturated carbocycles. The van der Waals surface area contributed by atoms with Gasteiger partial charge in [0, 0.05) is 39.1 Å². The van der Waals surface area contributed by atoms with E-state index >= 15 is 0 Å². The summed E-state index contributed by atoms with van der Waals surface area (Å²) in [5, 5.41) is 10.1. The van der Waals surface area contributed by atoms with E-state index in [-0.39, 0.29) is 0 Å². The van der Waals surface area contributed by atoms with Gasteiger partial charge in [0.2, 0.25) is 5.91 Å². The van der Waals surface area contributed by atoms with Gasteiger partial charge in [0.25, 0.3) is 0 Å². The lowest BCUT2D eigenvalue weighted by atomic mass is 10.0. The van der Waals surface area contributed by atoms with Crippen LogP contribution in [0.5, 0.6) is 0 Å². The number of amides is 1. The van der Waals surface area contributed by atoms with Crippen LogP contribution in [-0.2, 0) is 4.79 Å². The summed E-state index contributed by atoms with van der Waals surface area (Å²) in [6, 6.07) is 3.59. The lowest BCUT2D eigenvalue weighted by molar-refractivity contribution is -0.134. The zero-order chi connectivity index (χ0) is 15.4. The molecule has 22 heavy (non-hydrogen) atoms. The molecule has 1 saturated heterocycles. The lowest BCUT2D eigenvalue weighted by Gasteiger charge is -2.35. The molecule has 5 heteroatoms. The van der Waals surface area contributed by atoms with Crippen LogP contribution >= 0.6 is 0 Å². The van der Waals surface area contributed by atoms with Crippen LogP contribution in [0.3, 0.4) is 0 Å². The second-order valence-electron chi connectivity index (χ2n) is 6.57. The minimum absolute atomic E-state index is 0.318. The van der Waals surface area contributed by atoms with Crippen molar-refractivity contribution < 1.29 is 14.3 Å². The maximum Gasteiger partial charge on any atom is 0.222 e. The Morgan fingerprint density at radius 2 is 2.00 bits per heavy atom. The Morgan fingerprint density at radius 3 is 2.64 bits per heavy atom. The molecule has 5 nitrogen and oxygen atoms in total. The summed E-state index contributed by atoms with van der Waals surface area (Å²) in [7, 11) is 0. The zero-order valence-corrected chi connectivity index (χ0v) is 13.1. The fourth-order valence-electron chi connectivity index (χ4n) is 3.59. The largest absolute Gasteiger partial charge is 0.467 e. The third kappa shape index (κ3) is 3.90. The molecule has 3 rings (SSSR count). The van der Waals surface area contributed by atoms with Gasteiger partial charge in [-0.1, -0.05) is 12.8 Å². The summed E-state index contributed by atoms with van der Waals surface area (Å²) < 4.78 is 5.23. The fraction of sp³-hybridized carbons (Fsp3) is 0.706. The number of aliphatic hydroxyl groups excluding tert-OH is 1. The standard InChI is InChI=1S/C17H26N2O3/c20-15(16-6-3-11-22-16)13-18-7-9-19(10-8-18)17(21)12-14-4-1-2-5-14/h3,6,11,14-15,20H,1-2,4-5,7-10,12-13H2/t15-/m0/s1. The summed E-state index contributed by atoms with van der Waals surface area (Å²) in [4.78, 5) is 16.5. The van der Waals surface area contributed by atoms with Crippen LogP contribution in [0.1, 0.15) is 44.0 Å². The maximum absolute atomic E-state index is 12.3. The van der Waals surface area contributed by atoms with Gasteiger partial charge in [-0.3, -0.25) is 9.69 Å². The van der Waals surface area contributed by atoms with Crippen molar-refractivity contribution >= 4 is 5.91 Å². The summed E-state index contributed by atoms with van der Waals surface area (Å²) >= 11 is 0. The quantitative estimate of drug-likeness (QED) is 0.904. The second-order valence-corrected chi connectivity index (χ2v) is 6.57. The topological polar surface area (TPSA) is 56.9 Å². The molecule has 0 spiro atoms. The molecule has 0 aromatic carbocycles. The van der Waals surface area contributed by atoms with E-state index in [2.05, 4.69) is 4.90 Å². The van der Waals surface area contributed by atoms with Crippen molar-refractivity contribution in [3.63, 3.8) is 0 Å². The van der Waals surface area contributed by atoms with Gasteiger partial charge in [-0.25, -0.2) is 0 Å². The van der Waals surface area contributed by atoms with E-state index in [1.165, 1.54) is 25.7 Å². The van der Waals surface area contributed by atoms with E-state index < -0.39 is 6.10 Å². The summed E-state index contributed by atoms with van der Waals surface area (Å²) in [6.45, 7) is 3.77. The zero-order valence-electron chi connectivity index (χ0n) is 13.1. The van der Waals surface area contributed by atoms with Crippen LogP contribution in [0.15, 0.2) is 22.8 Å². The first-order valence-electron chi connectivity index (χ1n) is 8.44. The van der Waals surface area contributed by atoms with Gasteiger partial charge in [-0.2, -0.15) is 0 Å². The molecular weight excluding hydrogens is 280 g/mol. The first kappa shape index (κ1) is 15.6. The number of aliphatic hydroxyl groups is 1. The van der Waals surface area contributed by atoms with Crippen molar-refractivity contribution in [1.82, 2.24) is 9.80 Å². The van der Waals surface area contributed by atoms with E-state index in [0.29, 0.717) is 24.1 Å². The fourth-order valence-corrected chi connectivity index (χ4v) is 3.59. The molecule has 1 aromatic heterocycles. The van der Waals surface area contributed by atoms with E-state index in [4.69, 9.17) is 4.42 Å². The Bertz CT molecular complexity index is 460. The Labute approximate surface area is 131 Å². The minimum atomic E-state index is -0.587. The number of hydrogen-bond acceptors (Lipinski definition) is 4. The van der Waals surface area contributed by atoms with Crippen LogP contribution in [0.25, 0.3) is 0 Å². The number of carbonyl (C=O) groups excluding carboxylic acids is 1. The molecule has 1 N–H and O–H groups in total. The van der Waals surface area contributed by atoms with Crippen LogP contribution in [0, 0.1) is 5.92 Å². The second kappa shape index (κ2) is 7.29. The van der Waals surface area contributed by atoms with Crippen molar-refractivity contribution in [1.29, 1.82) is 0 Å². The highest BCUT2D eigenvalue weighted by atomic mass is 16.4. The van der Waals surface area contributed by atoms with Gasteiger partial charge < -0.3 is 14.4 Å². The smallest absolute Gasteiger partial charge is 0.222 e. The van der Waals surface area contributed by atoms with Gasteiger partial charge in [-0.05, 0) is 30.9 Å². The van der Waals surface area contributed by atoms with Crippen LogP contribution in [0.4, 0.5) is 0 Å². The lowest BCUT2D eigenvalue weighted by Crippen LogP contribution is -2.49. The predicted molar refractivity (Wildman–Crippen MR) is 83.3 cm³/mol. The summed E-state index contributed by atoms with van der Waals surface area (Å²) in [5.74, 6) is 1.55. The minimum Gasteiger partial charge on any atom is -0.467 e. The number of nitrogens with zero attached hydrogens (tertiary/aromatic N) is 2. The Balaban J connectivity index is 1.41. The van der Waals surface area contributed by atoms with E-state index in [0.717, 1.165) is 32.6 Å². The molecule has 0 bridgehead atoms. The molecule has 0 radical (unpaired) electrons. The molecule has 2 heterocycles. The number of hydrogen-bond donors (Lipinski definition) is 1. The Morgan fingerprint density at radius 1 is 1.27 bits per heavy atom. The number of furan rings is 1. The highest BCUT2D eigenvalue weighted by Gasteiger charge is 2.26. The molecule has 1 aliphatic heterocycles. The number of piperazine rings is 1. The van der Waals surface area contributed by atoms with E-state index in [1.807, 2.05) is 4.90 Å². The summed E-state index contributed by atoms with van der Waals surface area (Å²) in [6.07, 6.45) is 6.75. The van der Waals surface area contributed by atoms with Gasteiger partial charge in [-0.15, -0.1) is 0 Å². The predicted octanol–water partition coefficient (Wildman–Crippen LogP) is 2.04. The van der Waals surface area contributed by atoms with Crippen molar-refractivity contribution in [2.24, 2.45) is 5.92 Å². The molecule has 122 valence electrons. The first-order chi connectivity index (χ1) is 10.7. The molecule has 1 aliphatic carbocycles. The molecule has 1 amide bonds. The van der Waals surface area contributed by atoms with Crippen molar-refractivity contribution in [2.75, 3.05) is 32.7 Å². The highest BCUT2D eigenvalue weighted by molar-refractivity contribution is 5.76. The summed E-state index contributed by atoms with van der Waals surface area (Å²) in [5.41, 5.74) is 0. The van der Waals surface area contributed by atoms with E-state index in [1.54, 1.807) is 18.4 Å². The molecule has 1 aromatic rings. The van der Waals surface area contributed by atoms with Crippen molar-refractivity contribution in [3.05, 3.63) is 24.2 Å². The monoisotopic (exact) mass is 306 g/mol. The third-order valence-electron chi connectivity index (χ3n) is 4.97. The molecule has 2 fully saturated rings. The van der Waals surface area contributed by atoms with Crippen LogP contribution < -0.4 is 0 Å². The van der Waals surface area contributed by atoms with E-state index in [9.17, 15) is 9.90 Å². The SMILES string of the molecule is O=C(CC1CCCC1)N1CCN(C[C@H](O)c2ccco2)CC1. The van der Waals surface area contributed by atoms with Gasteiger partial charge >= 0.3 is 0 Å². The number of β-amino-alcohol motifs (C(OH)–C–C–N with tert-alkyl or cyclic N) is 1. The third-order valence-corrected chi connectivity index (χ3v) is 4.97. The maximum atomic E-state index is 12.3. The average Bonchev–Trinajstić information content (AvgIpc) is 3.21. The normalized spacial score (nSPS) is 22.1. The van der Waals surface area contributed by atoms with Crippen molar-refractivity contribution in [3.8, 4) is 0 Å². The van der Waals surface area contributed by atoms with Crippen LogP contribution in [0.2, 0.25) is 0 Å². The van der Waals surface area contributed by atoms with Crippen molar-refractivity contribution in [2.45, 2.75) is 38.2 Å².